The highest BCUT2D eigenvalue weighted by Crippen LogP contribution is 2.36. The first-order chi connectivity index (χ1) is 36.8. The number of nitrogens with one attached hydrogen (secondary N) is 1. The molecule has 0 heterocycles. The number of nitrogens with zero attached hydrogens (tertiary/aromatic N) is 1. The van der Waals surface area contributed by atoms with Gasteiger partial charge in [0.05, 0.1) is 34.0 Å². The fraction of sp³-hybridized carbons (Fsp3) is 0.607. The van der Waals surface area contributed by atoms with Crippen LogP contribution in [0.4, 0.5) is 5.69 Å². The van der Waals surface area contributed by atoms with E-state index in [1.807, 2.05) is 22.6 Å². The second-order valence-corrected chi connectivity index (χ2v) is 23.2. The molecular weight excluding hydrogens is 1230 g/mol. The van der Waals surface area contributed by atoms with Crippen LogP contribution in [0.3, 0.4) is 0 Å². The Bertz CT molecular complexity index is 2210. The number of amides is 1. The van der Waals surface area contributed by atoms with Crippen molar-refractivity contribution < 1.29 is 42.9 Å². The molecule has 3 aromatic carbocycles. The zero-order valence-electron chi connectivity index (χ0n) is 45.5. The van der Waals surface area contributed by atoms with Gasteiger partial charge >= 0.3 is 23.9 Å². The molecule has 0 saturated heterocycles. The maximum atomic E-state index is 13.9. The molecular formula is C61H84Cl2I2N2O9. The van der Waals surface area contributed by atoms with Gasteiger partial charge in [-0.25, -0.2) is 0 Å². The third-order valence-corrected chi connectivity index (χ3v) is 15.4. The van der Waals surface area contributed by atoms with Crippen molar-refractivity contribution in [3.63, 3.8) is 0 Å². The zero-order chi connectivity index (χ0) is 55.3. The summed E-state index contributed by atoms with van der Waals surface area (Å²) in [5.41, 5.74) is 2.39. The van der Waals surface area contributed by atoms with E-state index >= 15 is 0 Å². The largest absolute Gasteiger partial charge is 0.462 e. The molecule has 0 fully saturated rings. The number of unbranched alkanes of at least 4 members (excludes halogenated alkanes) is 24. The molecule has 0 aliphatic carbocycles. The van der Waals surface area contributed by atoms with Crippen LogP contribution in [0, 0.1) is 25.4 Å². The molecule has 0 aromatic heterocycles. The number of esters is 4. The lowest BCUT2D eigenvalue weighted by molar-refractivity contribution is -0.167. The highest BCUT2D eigenvalue weighted by Gasteiger charge is 2.25. The van der Waals surface area contributed by atoms with Crippen LogP contribution in [0.25, 0.3) is 0 Å². The summed E-state index contributed by atoms with van der Waals surface area (Å²) in [7, 11) is 0. The number of benzene rings is 3. The van der Waals surface area contributed by atoms with Gasteiger partial charge in [0.2, 0.25) is 0 Å². The van der Waals surface area contributed by atoms with Gasteiger partial charge in [-0.1, -0.05) is 209 Å². The highest BCUT2D eigenvalue weighted by molar-refractivity contribution is 14.1. The van der Waals surface area contributed by atoms with E-state index in [1.165, 1.54) is 116 Å². The molecule has 0 radical (unpaired) electrons. The van der Waals surface area contributed by atoms with Gasteiger partial charge in [-0.2, -0.15) is 5.26 Å². The quantitative estimate of drug-likeness (QED) is 0.0191. The number of ether oxygens (including phenoxy) is 4. The molecule has 420 valence electrons. The molecule has 1 unspecified atom stereocenters. The number of rotatable bonds is 41. The van der Waals surface area contributed by atoms with Crippen LogP contribution < -0.4 is 10.1 Å². The van der Waals surface area contributed by atoms with Gasteiger partial charge in [-0.15, -0.1) is 0 Å². The Morgan fingerprint density at radius 3 is 1.49 bits per heavy atom. The SMILES string of the molecule is CCCCCCCCCCCCCCCC(=O)OCC(COC(=O)CCCCCCCCCCCCCCC)OC(=O)CCC(=O)Oc1c(I)cc(I)cc1C(=O)Nc1cc(Cl)c(C(C#N)c2ccc(Cl)cc2)cc1C. The monoisotopic (exact) mass is 1310 g/mol. The second-order valence-electron chi connectivity index (χ2n) is 20.0. The summed E-state index contributed by atoms with van der Waals surface area (Å²) in [6, 6.07) is 15.9. The number of hydrogen-bond donors (Lipinski definition) is 1. The average Bonchev–Trinajstić information content (AvgIpc) is 3.39. The van der Waals surface area contributed by atoms with E-state index < -0.39 is 48.2 Å². The van der Waals surface area contributed by atoms with Gasteiger partial charge < -0.3 is 24.3 Å². The van der Waals surface area contributed by atoms with Crippen LogP contribution in [0.2, 0.25) is 10.0 Å². The predicted molar refractivity (Wildman–Crippen MR) is 322 cm³/mol. The Morgan fingerprint density at radius 1 is 0.579 bits per heavy atom. The van der Waals surface area contributed by atoms with Gasteiger partial charge in [0.1, 0.15) is 13.2 Å². The summed E-state index contributed by atoms with van der Waals surface area (Å²) in [4.78, 5) is 66.1. The van der Waals surface area contributed by atoms with E-state index in [9.17, 15) is 29.2 Å². The summed E-state index contributed by atoms with van der Waals surface area (Å²) in [5, 5.41) is 13.8. The fourth-order valence-electron chi connectivity index (χ4n) is 8.88. The van der Waals surface area contributed by atoms with Crippen LogP contribution in [0.1, 0.15) is 239 Å². The van der Waals surface area contributed by atoms with E-state index in [4.69, 9.17) is 42.1 Å². The predicted octanol–water partition coefficient (Wildman–Crippen LogP) is 18.1. The van der Waals surface area contributed by atoms with Crippen LogP contribution in [-0.2, 0) is 33.4 Å². The molecule has 0 aliphatic rings. The van der Waals surface area contributed by atoms with Crippen molar-refractivity contribution in [3.05, 3.63) is 88.0 Å². The lowest BCUT2D eigenvalue weighted by atomic mass is 9.91. The zero-order valence-corrected chi connectivity index (χ0v) is 51.4. The van der Waals surface area contributed by atoms with Gasteiger partial charge in [0.15, 0.2) is 11.9 Å². The molecule has 1 amide bonds. The van der Waals surface area contributed by atoms with Gasteiger partial charge in [-0.3, -0.25) is 24.0 Å². The maximum absolute atomic E-state index is 13.9. The number of halogens is 4. The van der Waals surface area contributed by atoms with Crippen LogP contribution in [-0.4, -0.2) is 49.1 Å². The lowest BCUT2D eigenvalue weighted by Gasteiger charge is -2.18. The molecule has 0 aliphatic heterocycles. The third kappa shape index (κ3) is 28.4. The Kier molecular flexibility index (Phi) is 35.8. The van der Waals surface area contributed by atoms with Crippen molar-refractivity contribution >= 4 is 104 Å². The molecule has 3 rings (SSSR count). The molecule has 1 atom stereocenters. The van der Waals surface area contributed by atoms with Crippen molar-refractivity contribution in [1.29, 1.82) is 5.26 Å². The summed E-state index contributed by atoms with van der Waals surface area (Å²) in [6.07, 6.45) is 29.5. The third-order valence-electron chi connectivity index (χ3n) is 13.4. The van der Waals surface area contributed by atoms with E-state index in [0.717, 1.165) is 38.5 Å². The van der Waals surface area contributed by atoms with Gasteiger partial charge in [-0.05, 0) is 112 Å². The van der Waals surface area contributed by atoms with E-state index in [1.54, 1.807) is 55.5 Å². The smallest absolute Gasteiger partial charge is 0.311 e. The Labute approximate surface area is 492 Å². The van der Waals surface area contributed by atoms with Crippen LogP contribution in [0.15, 0.2) is 48.5 Å². The first kappa shape index (κ1) is 66.8. The van der Waals surface area contributed by atoms with Crippen molar-refractivity contribution in [2.24, 2.45) is 0 Å². The van der Waals surface area contributed by atoms with E-state index in [2.05, 4.69) is 47.8 Å². The number of aryl methyl sites for hydroxylation is 1. The number of carbonyl (C=O) groups is 5. The molecule has 11 nitrogen and oxygen atoms in total. The van der Waals surface area contributed by atoms with Crippen LogP contribution >= 0.6 is 68.4 Å². The first-order valence-corrected chi connectivity index (χ1v) is 31.1. The first-order valence-electron chi connectivity index (χ1n) is 28.2. The summed E-state index contributed by atoms with van der Waals surface area (Å²) in [5.74, 6) is -3.65. The van der Waals surface area contributed by atoms with Gasteiger partial charge in [0.25, 0.3) is 5.91 Å². The van der Waals surface area contributed by atoms with Crippen molar-refractivity contribution in [3.8, 4) is 11.8 Å². The molecule has 1 N–H and O–H groups in total. The average molecular weight is 1310 g/mol. The fourth-order valence-corrected chi connectivity index (χ4v) is 11.2. The summed E-state index contributed by atoms with van der Waals surface area (Å²) in [6.45, 7) is 5.67. The van der Waals surface area contributed by atoms with Crippen molar-refractivity contribution in [2.45, 2.75) is 225 Å². The molecule has 76 heavy (non-hydrogen) atoms. The minimum absolute atomic E-state index is 0.00762. The number of nitriles is 1. The number of carbonyl (C=O) groups excluding carboxylic acids is 5. The second kappa shape index (κ2) is 40.7. The van der Waals surface area contributed by atoms with Crippen molar-refractivity contribution in [2.75, 3.05) is 18.5 Å². The Hall–Kier alpha value is -3.46. The maximum Gasteiger partial charge on any atom is 0.311 e. The summed E-state index contributed by atoms with van der Waals surface area (Å²) < 4.78 is 23.6. The van der Waals surface area contributed by atoms with Crippen molar-refractivity contribution in [1.82, 2.24) is 0 Å². The topological polar surface area (TPSA) is 158 Å². The Balaban J connectivity index is 1.53. The molecule has 3 aromatic rings. The van der Waals surface area contributed by atoms with E-state index in [0.29, 0.717) is 47.4 Å². The summed E-state index contributed by atoms with van der Waals surface area (Å²) >= 11 is 16.8. The Morgan fingerprint density at radius 2 is 1.03 bits per heavy atom. The minimum atomic E-state index is -1.07. The lowest BCUT2D eigenvalue weighted by Crippen LogP contribution is -2.31. The molecule has 0 saturated carbocycles. The number of anilines is 1. The van der Waals surface area contributed by atoms with E-state index in [-0.39, 0.29) is 48.8 Å². The van der Waals surface area contributed by atoms with Crippen LogP contribution in [0.5, 0.6) is 5.75 Å². The molecule has 0 spiro atoms. The highest BCUT2D eigenvalue weighted by atomic mass is 127. The number of hydrogen-bond acceptors (Lipinski definition) is 10. The molecule has 15 heteroatoms. The van der Waals surface area contributed by atoms with Gasteiger partial charge in [0, 0.05) is 32.1 Å². The normalized spacial score (nSPS) is 11.5. The minimum Gasteiger partial charge on any atom is -0.462 e. The molecule has 0 bridgehead atoms. The standard InChI is InChI=1S/C61H84Cl2I2N2O9/c1-4-6-8-10-12-14-16-18-20-22-24-26-28-30-56(68)73-43-49(44-74-57(69)31-29-27-25-23-21-19-17-15-13-11-9-7-5-2)75-58(70)36-37-59(71)76-60-51(39-48(64)40-54(60)65)61(72)67-55-41-53(63)50(38-45(55)3)52(42-66)46-32-34-47(62)35-33-46/h32-35,38-41,49,52H,4-31,36-37,43-44H2,1-3H3,(H,67,72).